The van der Waals surface area contributed by atoms with Gasteiger partial charge >= 0.3 is 0 Å². The summed E-state index contributed by atoms with van der Waals surface area (Å²) in [6.07, 6.45) is 0. The minimum absolute atomic E-state index is 0.0707. The van der Waals surface area contributed by atoms with Crippen molar-refractivity contribution in [3.63, 3.8) is 0 Å². The first-order valence-corrected chi connectivity index (χ1v) is 8.24. The number of carbonyl (C=O) groups is 1. The van der Waals surface area contributed by atoms with Crippen molar-refractivity contribution in [2.75, 3.05) is 4.90 Å². The number of rotatable bonds is 4. The second-order valence-corrected chi connectivity index (χ2v) is 6.10. The van der Waals surface area contributed by atoms with Crippen molar-refractivity contribution in [1.82, 2.24) is 0 Å². The molecule has 0 heterocycles. The highest BCUT2D eigenvalue weighted by atomic mass is 19.1. The van der Waals surface area contributed by atoms with Gasteiger partial charge in [0.25, 0.3) is 5.91 Å². The molecule has 0 aliphatic carbocycles. The van der Waals surface area contributed by atoms with Crippen LogP contribution in [0.4, 0.5) is 10.1 Å². The van der Waals surface area contributed by atoms with Crippen molar-refractivity contribution in [2.45, 2.75) is 20.4 Å². The van der Waals surface area contributed by atoms with E-state index in [1.807, 2.05) is 62.4 Å². The van der Waals surface area contributed by atoms with Gasteiger partial charge in [-0.05, 0) is 60.9 Å². The molecular formula is C22H20FNO. The molecule has 0 fully saturated rings. The Morgan fingerprint density at radius 1 is 0.880 bits per heavy atom. The molecule has 0 atom stereocenters. The van der Waals surface area contributed by atoms with Crippen LogP contribution in [0.1, 0.15) is 27.0 Å². The summed E-state index contributed by atoms with van der Waals surface area (Å²) < 4.78 is 13.2. The van der Waals surface area contributed by atoms with E-state index in [9.17, 15) is 9.18 Å². The number of nitrogens with zero attached hydrogens (tertiary/aromatic N) is 1. The van der Waals surface area contributed by atoms with Gasteiger partial charge in [0.05, 0.1) is 6.54 Å². The van der Waals surface area contributed by atoms with Gasteiger partial charge in [0.15, 0.2) is 0 Å². The minimum Gasteiger partial charge on any atom is -0.304 e. The quantitative estimate of drug-likeness (QED) is 0.635. The molecular weight excluding hydrogens is 313 g/mol. The number of amides is 1. The first-order valence-electron chi connectivity index (χ1n) is 8.24. The Balaban J connectivity index is 2.03. The second-order valence-electron chi connectivity index (χ2n) is 6.10. The lowest BCUT2D eigenvalue weighted by Crippen LogP contribution is -2.31. The van der Waals surface area contributed by atoms with E-state index in [2.05, 4.69) is 0 Å². The van der Waals surface area contributed by atoms with Crippen LogP contribution in [0.5, 0.6) is 0 Å². The number of anilines is 1. The Morgan fingerprint density at radius 3 is 2.24 bits per heavy atom. The van der Waals surface area contributed by atoms with Gasteiger partial charge in [0.2, 0.25) is 0 Å². The lowest BCUT2D eigenvalue weighted by Gasteiger charge is -2.25. The van der Waals surface area contributed by atoms with E-state index in [-0.39, 0.29) is 11.7 Å². The van der Waals surface area contributed by atoms with Crippen LogP contribution < -0.4 is 4.90 Å². The number of hydrogen-bond acceptors (Lipinski definition) is 1. The highest BCUT2D eigenvalue weighted by Gasteiger charge is 2.20. The molecule has 0 aliphatic rings. The van der Waals surface area contributed by atoms with E-state index in [1.54, 1.807) is 17.0 Å². The summed E-state index contributed by atoms with van der Waals surface area (Å²) in [6, 6.07) is 21.4. The molecule has 2 nitrogen and oxygen atoms in total. The molecule has 0 aromatic heterocycles. The van der Waals surface area contributed by atoms with Crippen LogP contribution in [-0.2, 0) is 6.54 Å². The SMILES string of the molecule is Cc1cccc(N(Cc2ccc(F)cc2)C(=O)c2ccccc2)c1C. The normalized spacial score (nSPS) is 10.5. The summed E-state index contributed by atoms with van der Waals surface area (Å²) >= 11 is 0. The summed E-state index contributed by atoms with van der Waals surface area (Å²) in [5.41, 5.74) is 4.58. The highest BCUT2D eigenvalue weighted by molar-refractivity contribution is 6.06. The molecule has 1 amide bonds. The van der Waals surface area contributed by atoms with Gasteiger partial charge in [-0.3, -0.25) is 4.79 Å². The third kappa shape index (κ3) is 3.77. The van der Waals surface area contributed by atoms with Crippen LogP contribution in [0.15, 0.2) is 72.8 Å². The predicted molar refractivity (Wildman–Crippen MR) is 99.3 cm³/mol. The van der Waals surface area contributed by atoms with Gasteiger partial charge in [-0.1, -0.05) is 42.5 Å². The minimum atomic E-state index is -0.281. The van der Waals surface area contributed by atoms with Gasteiger partial charge in [-0.2, -0.15) is 0 Å². The average Bonchev–Trinajstić information content (AvgIpc) is 2.64. The van der Waals surface area contributed by atoms with Crippen molar-refractivity contribution in [3.8, 4) is 0 Å². The Hall–Kier alpha value is -2.94. The van der Waals surface area contributed by atoms with E-state index in [0.29, 0.717) is 12.1 Å². The zero-order valence-corrected chi connectivity index (χ0v) is 14.4. The van der Waals surface area contributed by atoms with Gasteiger partial charge in [-0.15, -0.1) is 0 Å². The lowest BCUT2D eigenvalue weighted by molar-refractivity contribution is 0.0985. The van der Waals surface area contributed by atoms with Crippen LogP contribution in [-0.4, -0.2) is 5.91 Å². The lowest BCUT2D eigenvalue weighted by atomic mass is 10.1. The number of hydrogen-bond donors (Lipinski definition) is 0. The third-order valence-corrected chi connectivity index (χ3v) is 4.39. The third-order valence-electron chi connectivity index (χ3n) is 4.39. The summed E-state index contributed by atoms with van der Waals surface area (Å²) in [4.78, 5) is 14.9. The average molecular weight is 333 g/mol. The highest BCUT2D eigenvalue weighted by Crippen LogP contribution is 2.26. The smallest absolute Gasteiger partial charge is 0.258 e. The van der Waals surface area contributed by atoms with Crippen molar-refractivity contribution in [3.05, 3.63) is 101 Å². The molecule has 0 unspecified atom stereocenters. The Kier molecular flexibility index (Phi) is 4.94. The van der Waals surface area contributed by atoms with E-state index >= 15 is 0 Å². The molecule has 3 rings (SSSR count). The molecule has 0 saturated heterocycles. The molecule has 3 heteroatoms. The van der Waals surface area contributed by atoms with Crippen LogP contribution in [0, 0.1) is 19.7 Å². The topological polar surface area (TPSA) is 20.3 Å². The summed E-state index contributed by atoms with van der Waals surface area (Å²) in [5.74, 6) is -0.352. The van der Waals surface area contributed by atoms with E-state index < -0.39 is 0 Å². The number of benzene rings is 3. The van der Waals surface area contributed by atoms with Crippen LogP contribution >= 0.6 is 0 Å². The monoisotopic (exact) mass is 333 g/mol. The fourth-order valence-corrected chi connectivity index (χ4v) is 2.80. The standard InChI is InChI=1S/C22H20FNO/c1-16-7-6-10-21(17(16)2)24(15-18-11-13-20(23)14-12-18)22(25)19-8-4-3-5-9-19/h3-14H,15H2,1-2H3. The van der Waals surface area contributed by atoms with E-state index in [0.717, 1.165) is 22.4 Å². The van der Waals surface area contributed by atoms with Crippen molar-refractivity contribution in [2.24, 2.45) is 0 Å². The number of halogens is 1. The van der Waals surface area contributed by atoms with Gasteiger partial charge < -0.3 is 4.90 Å². The molecule has 0 spiro atoms. The van der Waals surface area contributed by atoms with Crippen molar-refractivity contribution in [1.29, 1.82) is 0 Å². The van der Waals surface area contributed by atoms with E-state index in [4.69, 9.17) is 0 Å². The number of aryl methyl sites for hydroxylation is 1. The fraction of sp³-hybridized carbons (Fsp3) is 0.136. The first-order chi connectivity index (χ1) is 12.1. The molecule has 3 aromatic rings. The maximum Gasteiger partial charge on any atom is 0.258 e. The predicted octanol–water partition coefficient (Wildman–Crippen LogP) is 5.29. The summed E-state index contributed by atoms with van der Waals surface area (Å²) in [5, 5.41) is 0. The molecule has 0 radical (unpaired) electrons. The molecule has 0 bridgehead atoms. The first kappa shape index (κ1) is 16.9. The van der Waals surface area contributed by atoms with E-state index in [1.165, 1.54) is 12.1 Å². The molecule has 126 valence electrons. The van der Waals surface area contributed by atoms with Gasteiger partial charge in [0, 0.05) is 11.3 Å². The molecule has 25 heavy (non-hydrogen) atoms. The molecule has 3 aromatic carbocycles. The molecule has 0 saturated carbocycles. The van der Waals surface area contributed by atoms with Gasteiger partial charge in [0.1, 0.15) is 5.82 Å². The second kappa shape index (κ2) is 7.31. The zero-order valence-electron chi connectivity index (χ0n) is 14.4. The summed E-state index contributed by atoms with van der Waals surface area (Å²) in [6.45, 7) is 4.43. The maximum atomic E-state index is 13.2. The van der Waals surface area contributed by atoms with Crippen LogP contribution in [0.2, 0.25) is 0 Å². The Morgan fingerprint density at radius 2 is 1.56 bits per heavy atom. The molecule has 0 aliphatic heterocycles. The van der Waals surface area contributed by atoms with Crippen molar-refractivity contribution < 1.29 is 9.18 Å². The largest absolute Gasteiger partial charge is 0.304 e. The zero-order chi connectivity index (χ0) is 17.8. The fourth-order valence-electron chi connectivity index (χ4n) is 2.80. The van der Waals surface area contributed by atoms with Gasteiger partial charge in [-0.25, -0.2) is 4.39 Å². The van der Waals surface area contributed by atoms with Crippen molar-refractivity contribution >= 4 is 11.6 Å². The number of carbonyl (C=O) groups excluding carboxylic acids is 1. The molecule has 0 N–H and O–H groups in total. The van der Waals surface area contributed by atoms with Crippen LogP contribution in [0.3, 0.4) is 0 Å². The Bertz CT molecular complexity index is 872. The van der Waals surface area contributed by atoms with Crippen LogP contribution in [0.25, 0.3) is 0 Å². The summed E-state index contributed by atoms with van der Waals surface area (Å²) in [7, 11) is 0. The maximum absolute atomic E-state index is 13.2. The Labute approximate surface area is 147 Å².